The Labute approximate surface area is 213 Å². The summed E-state index contributed by atoms with van der Waals surface area (Å²) < 4.78 is 10.4. The predicted molar refractivity (Wildman–Crippen MR) is 139 cm³/mol. The first-order chi connectivity index (χ1) is 17.4. The molecular formula is C28H37N3O5. The van der Waals surface area contributed by atoms with Crippen molar-refractivity contribution in [3.63, 3.8) is 0 Å². The Morgan fingerprint density at radius 2 is 1.81 bits per heavy atom. The Balaban J connectivity index is 1.48. The summed E-state index contributed by atoms with van der Waals surface area (Å²) in [5, 5.41) is 5.68. The highest BCUT2D eigenvalue weighted by molar-refractivity contribution is 5.80. The first-order valence-electron chi connectivity index (χ1n) is 12.6. The minimum atomic E-state index is -0.316. The monoisotopic (exact) mass is 495 g/mol. The number of nitrogens with one attached hydrogen (secondary N) is 2. The molecule has 2 unspecified atom stereocenters. The number of benzene rings is 2. The number of rotatable bonds is 11. The molecule has 0 spiro atoms. The molecule has 0 saturated heterocycles. The van der Waals surface area contributed by atoms with Gasteiger partial charge in [-0.1, -0.05) is 37.3 Å². The van der Waals surface area contributed by atoms with Crippen LogP contribution in [0.2, 0.25) is 0 Å². The van der Waals surface area contributed by atoms with Crippen molar-refractivity contribution in [3.8, 4) is 5.75 Å². The van der Waals surface area contributed by atoms with Gasteiger partial charge in [-0.25, -0.2) is 4.79 Å². The zero-order valence-corrected chi connectivity index (χ0v) is 21.6. The average molecular weight is 496 g/mol. The highest BCUT2D eigenvalue weighted by Gasteiger charge is 2.35. The molecule has 0 radical (unpaired) electrons. The van der Waals surface area contributed by atoms with E-state index in [-0.39, 0.29) is 29.8 Å². The van der Waals surface area contributed by atoms with Crippen LogP contribution in [0.4, 0.5) is 10.5 Å². The quantitative estimate of drug-likeness (QED) is 0.359. The molecule has 1 aliphatic heterocycles. The van der Waals surface area contributed by atoms with E-state index in [0.717, 1.165) is 35.5 Å². The molecule has 2 atom stereocenters. The number of carbonyl (C=O) groups excluding carboxylic acids is 3. The summed E-state index contributed by atoms with van der Waals surface area (Å²) in [6.07, 6.45) is 1.40. The van der Waals surface area contributed by atoms with Crippen molar-refractivity contribution in [2.45, 2.75) is 52.5 Å². The molecule has 3 rings (SSSR count). The lowest BCUT2D eigenvalue weighted by molar-refractivity contribution is -0.141. The second-order valence-electron chi connectivity index (χ2n) is 9.00. The van der Waals surface area contributed by atoms with Crippen LogP contribution < -0.4 is 20.3 Å². The van der Waals surface area contributed by atoms with Crippen molar-refractivity contribution in [3.05, 3.63) is 59.2 Å². The Morgan fingerprint density at radius 1 is 1.06 bits per heavy atom. The minimum absolute atomic E-state index is 0.00425. The van der Waals surface area contributed by atoms with E-state index in [1.165, 1.54) is 7.11 Å². The molecular weight excluding hydrogens is 458 g/mol. The maximum Gasteiger partial charge on any atom is 0.315 e. The molecule has 0 aromatic heterocycles. The lowest BCUT2D eigenvalue weighted by Gasteiger charge is -2.31. The van der Waals surface area contributed by atoms with E-state index in [0.29, 0.717) is 38.1 Å². The maximum atomic E-state index is 12.7. The third-order valence-electron chi connectivity index (χ3n) is 6.76. The number of carbonyl (C=O) groups is 3. The van der Waals surface area contributed by atoms with Crippen LogP contribution in [-0.4, -0.2) is 44.7 Å². The molecule has 1 heterocycles. The summed E-state index contributed by atoms with van der Waals surface area (Å²) in [4.78, 5) is 38.6. The Bertz CT molecular complexity index is 1070. The van der Waals surface area contributed by atoms with E-state index in [1.54, 1.807) is 0 Å². The predicted octanol–water partition coefficient (Wildman–Crippen LogP) is 4.17. The van der Waals surface area contributed by atoms with Gasteiger partial charge in [0.2, 0.25) is 0 Å². The van der Waals surface area contributed by atoms with Gasteiger partial charge in [0.25, 0.3) is 0 Å². The van der Waals surface area contributed by atoms with Crippen LogP contribution in [-0.2, 0) is 27.3 Å². The number of urea groups is 1. The number of fused-ring (bicyclic) bond motifs is 1. The van der Waals surface area contributed by atoms with E-state index in [1.807, 2.05) is 43.3 Å². The molecule has 8 nitrogen and oxygen atoms in total. The van der Waals surface area contributed by atoms with Crippen LogP contribution in [0.3, 0.4) is 0 Å². The molecule has 0 fully saturated rings. The third kappa shape index (κ3) is 6.99. The van der Waals surface area contributed by atoms with Crippen LogP contribution in [0.1, 0.15) is 56.2 Å². The highest BCUT2D eigenvalue weighted by atomic mass is 16.5. The molecule has 0 aliphatic carbocycles. The van der Waals surface area contributed by atoms with Crippen molar-refractivity contribution in [2.24, 2.45) is 5.92 Å². The number of amides is 2. The van der Waals surface area contributed by atoms with Gasteiger partial charge in [-0.05, 0) is 55.4 Å². The number of anilines is 1. The van der Waals surface area contributed by atoms with E-state index in [2.05, 4.69) is 40.2 Å². The standard InChI is InChI=1S/C28H37N3O5/c1-5-31(6-2)22-11-12-23-19(3)24(27(33)36-25(23)17-22)14-15-29-28(34)30-18-21-9-7-8-20(16-21)10-13-26(32)35-4/h7-9,11-12,16-17,19,24H,5-6,10,13-15,18H2,1-4H3,(H2,29,30,34). The molecule has 8 heteroatoms. The second-order valence-corrected chi connectivity index (χ2v) is 9.00. The first-order valence-corrected chi connectivity index (χ1v) is 12.6. The normalized spacial score (nSPS) is 16.5. The average Bonchev–Trinajstić information content (AvgIpc) is 2.88. The van der Waals surface area contributed by atoms with Crippen molar-refractivity contribution in [1.82, 2.24) is 10.6 Å². The van der Waals surface area contributed by atoms with Crippen LogP contribution in [0.5, 0.6) is 5.75 Å². The summed E-state index contributed by atoms with van der Waals surface area (Å²) in [5.74, 6) is -0.180. The number of methoxy groups -OCH3 is 1. The molecule has 2 aromatic rings. The molecule has 2 aromatic carbocycles. The van der Waals surface area contributed by atoms with Crippen LogP contribution in [0.15, 0.2) is 42.5 Å². The number of nitrogens with zero attached hydrogens (tertiary/aromatic N) is 1. The molecule has 2 N–H and O–H groups in total. The summed E-state index contributed by atoms with van der Waals surface area (Å²) in [6.45, 7) is 8.73. The summed E-state index contributed by atoms with van der Waals surface area (Å²) in [5.41, 5.74) is 4.02. The van der Waals surface area contributed by atoms with Crippen LogP contribution in [0.25, 0.3) is 0 Å². The summed E-state index contributed by atoms with van der Waals surface area (Å²) in [6, 6.07) is 13.5. The van der Waals surface area contributed by atoms with Crippen molar-refractivity contribution < 1.29 is 23.9 Å². The number of ether oxygens (including phenoxy) is 2. The lowest BCUT2D eigenvalue weighted by Crippen LogP contribution is -2.38. The largest absolute Gasteiger partial charge is 0.469 e. The van der Waals surface area contributed by atoms with E-state index in [9.17, 15) is 14.4 Å². The number of hydrogen-bond acceptors (Lipinski definition) is 6. The number of esters is 2. The van der Waals surface area contributed by atoms with E-state index >= 15 is 0 Å². The Hall–Kier alpha value is -3.55. The van der Waals surface area contributed by atoms with E-state index < -0.39 is 0 Å². The summed E-state index contributed by atoms with van der Waals surface area (Å²) in [7, 11) is 1.38. The van der Waals surface area contributed by atoms with E-state index in [4.69, 9.17) is 4.74 Å². The van der Waals surface area contributed by atoms with Crippen molar-refractivity contribution in [2.75, 3.05) is 31.6 Å². The zero-order chi connectivity index (χ0) is 26.1. The maximum absolute atomic E-state index is 12.7. The molecule has 0 saturated carbocycles. The van der Waals surface area contributed by atoms with Gasteiger partial charge in [0, 0.05) is 44.4 Å². The van der Waals surface area contributed by atoms with Crippen molar-refractivity contribution >= 4 is 23.7 Å². The van der Waals surface area contributed by atoms with Gasteiger partial charge >= 0.3 is 18.0 Å². The Kier molecular flexibility index (Phi) is 9.73. The number of aryl methyl sites for hydroxylation is 1. The fraction of sp³-hybridized carbons (Fsp3) is 0.464. The molecule has 194 valence electrons. The fourth-order valence-corrected chi connectivity index (χ4v) is 4.58. The van der Waals surface area contributed by atoms with Crippen molar-refractivity contribution in [1.29, 1.82) is 0 Å². The molecule has 0 bridgehead atoms. The SMILES string of the molecule is CCN(CC)c1ccc2c(c1)OC(=O)C(CCNC(=O)NCc1cccc(CCC(=O)OC)c1)C2C. The highest BCUT2D eigenvalue weighted by Crippen LogP contribution is 2.40. The van der Waals surface area contributed by atoms with Gasteiger partial charge in [0.15, 0.2) is 0 Å². The Morgan fingerprint density at radius 3 is 2.53 bits per heavy atom. The first kappa shape index (κ1) is 27.0. The van der Waals surface area contributed by atoms with Gasteiger partial charge in [-0.15, -0.1) is 0 Å². The smallest absolute Gasteiger partial charge is 0.315 e. The van der Waals surface area contributed by atoms with Gasteiger partial charge < -0.3 is 25.0 Å². The van der Waals surface area contributed by atoms with Gasteiger partial charge in [0.1, 0.15) is 5.75 Å². The fourth-order valence-electron chi connectivity index (χ4n) is 4.58. The summed E-state index contributed by atoms with van der Waals surface area (Å²) >= 11 is 0. The second kappa shape index (κ2) is 13.0. The van der Waals surface area contributed by atoms with Crippen LogP contribution >= 0.6 is 0 Å². The third-order valence-corrected chi connectivity index (χ3v) is 6.76. The molecule has 1 aliphatic rings. The number of hydrogen-bond donors (Lipinski definition) is 2. The minimum Gasteiger partial charge on any atom is -0.469 e. The molecule has 36 heavy (non-hydrogen) atoms. The zero-order valence-electron chi connectivity index (χ0n) is 21.6. The van der Waals surface area contributed by atoms with Gasteiger partial charge in [-0.3, -0.25) is 9.59 Å². The topological polar surface area (TPSA) is 97.0 Å². The molecule has 2 amide bonds. The lowest BCUT2D eigenvalue weighted by atomic mass is 9.83. The van der Waals surface area contributed by atoms with Crippen LogP contribution in [0, 0.1) is 5.92 Å². The van der Waals surface area contributed by atoms with Gasteiger partial charge in [-0.2, -0.15) is 0 Å². The van der Waals surface area contributed by atoms with Gasteiger partial charge in [0.05, 0.1) is 13.0 Å².